The summed E-state index contributed by atoms with van der Waals surface area (Å²) >= 11 is 0. The Kier molecular flexibility index (Phi) is 5.97. The van der Waals surface area contributed by atoms with Crippen molar-refractivity contribution in [2.75, 3.05) is 5.32 Å². The van der Waals surface area contributed by atoms with Gasteiger partial charge in [0.2, 0.25) is 0 Å². The van der Waals surface area contributed by atoms with Gasteiger partial charge in [-0.25, -0.2) is 0 Å². The van der Waals surface area contributed by atoms with Gasteiger partial charge in [0.15, 0.2) is 7.28 Å². The zero-order valence-corrected chi connectivity index (χ0v) is 28.1. The molecule has 0 spiro atoms. The van der Waals surface area contributed by atoms with Gasteiger partial charge in [0.25, 0.3) is 0 Å². The van der Waals surface area contributed by atoms with Crippen LogP contribution in [0.1, 0.15) is 5.56 Å². The van der Waals surface area contributed by atoms with Gasteiger partial charge in [0.1, 0.15) is 0 Å². The van der Waals surface area contributed by atoms with Gasteiger partial charge in [-0.1, -0.05) is 127 Å². The van der Waals surface area contributed by atoms with Crippen LogP contribution >= 0.6 is 0 Å². The van der Waals surface area contributed by atoms with E-state index in [1.54, 1.807) is 0 Å². The van der Waals surface area contributed by atoms with E-state index in [1.165, 1.54) is 87.7 Å². The first-order valence-electron chi connectivity index (χ1n) is 17.6. The summed E-state index contributed by atoms with van der Waals surface area (Å²) in [6.07, 6.45) is 0. The first kappa shape index (κ1) is 28.3. The third-order valence-corrected chi connectivity index (χ3v) is 10.9. The van der Waals surface area contributed by atoms with Gasteiger partial charge in [0, 0.05) is 55.1 Å². The van der Waals surface area contributed by atoms with E-state index in [2.05, 4.69) is 192 Å². The van der Waals surface area contributed by atoms with Crippen LogP contribution in [0.4, 0.5) is 11.4 Å². The molecule has 11 rings (SSSR count). The third-order valence-electron chi connectivity index (χ3n) is 10.9. The quantitative estimate of drug-likeness (QED) is 0.189. The van der Waals surface area contributed by atoms with Gasteiger partial charge in [0.05, 0.1) is 22.2 Å². The number of hydrogen-bond donors (Lipinski definition) is 1. The molecule has 2 aromatic heterocycles. The summed E-state index contributed by atoms with van der Waals surface area (Å²) in [5.41, 5.74) is 15.5. The highest BCUT2D eigenvalue weighted by Crippen LogP contribution is 2.45. The summed E-state index contributed by atoms with van der Waals surface area (Å²) in [4.78, 5) is 0. The first-order valence-corrected chi connectivity index (χ1v) is 17.6. The molecule has 1 aliphatic heterocycles. The summed E-state index contributed by atoms with van der Waals surface area (Å²) < 4.78 is 4.92. The number of benzene rings is 8. The van der Waals surface area contributed by atoms with Gasteiger partial charge in [-0.2, -0.15) is 0 Å². The van der Waals surface area contributed by atoms with Gasteiger partial charge < -0.3 is 14.5 Å². The van der Waals surface area contributed by atoms with Gasteiger partial charge >= 0.3 is 0 Å². The SMILES string of the molecule is Cc1ccccc1Nc1c(-c2cc3ccccc3c3c2[B]c2cccc4c5ccccc5n-3c24)ccc2c1c1ccccc1n2-c1ccccc1. The molecule has 0 saturated carbocycles. The Morgan fingerprint density at radius 1 is 0.510 bits per heavy atom. The smallest absolute Gasteiger partial charge is 0.197 e. The Morgan fingerprint density at radius 3 is 2.04 bits per heavy atom. The zero-order valence-electron chi connectivity index (χ0n) is 28.1. The van der Waals surface area contributed by atoms with Crippen LogP contribution in [0.15, 0.2) is 164 Å². The van der Waals surface area contributed by atoms with E-state index in [1.807, 2.05) is 0 Å². The molecule has 10 aromatic rings. The van der Waals surface area contributed by atoms with E-state index in [4.69, 9.17) is 0 Å². The topological polar surface area (TPSA) is 21.9 Å². The molecule has 237 valence electrons. The molecule has 8 aromatic carbocycles. The predicted octanol–water partition coefficient (Wildman–Crippen LogP) is 10.7. The van der Waals surface area contributed by atoms with Gasteiger partial charge in [-0.05, 0) is 71.4 Å². The first-order chi connectivity index (χ1) is 25.2. The standard InChI is InChI=1S/C47H31BN3/c1-29-14-5-10-23-39(29)49-45-34(26-27-42-43(45)36-20-9-12-25-41(36)50(42)31-16-3-2-4-17-31)37-28-30-15-6-7-18-32(30)47-44(37)48-38-22-13-21-35-33-19-8-11-24-40(33)51(47)46(35)38/h2-28,49H,1H3. The normalized spacial score (nSPS) is 12.2. The molecule has 0 amide bonds. The Labute approximate surface area is 296 Å². The highest BCUT2D eigenvalue weighted by atomic mass is 15.0. The van der Waals surface area contributed by atoms with E-state index in [9.17, 15) is 0 Å². The lowest BCUT2D eigenvalue weighted by Crippen LogP contribution is -2.37. The number of aryl methyl sites for hydroxylation is 1. The minimum Gasteiger partial charge on any atom is -0.354 e. The van der Waals surface area contributed by atoms with Crippen molar-refractivity contribution in [3.05, 3.63) is 169 Å². The number of nitrogens with one attached hydrogen (secondary N) is 1. The highest BCUT2D eigenvalue weighted by Gasteiger charge is 2.29. The largest absolute Gasteiger partial charge is 0.354 e. The summed E-state index contributed by atoms with van der Waals surface area (Å²) in [7, 11) is 2.42. The van der Waals surface area contributed by atoms with E-state index in [0.717, 1.165) is 17.1 Å². The molecule has 1 radical (unpaired) electrons. The average Bonchev–Trinajstić information content (AvgIpc) is 3.70. The lowest BCUT2D eigenvalue weighted by atomic mass is 9.58. The lowest BCUT2D eigenvalue weighted by Gasteiger charge is -2.26. The molecule has 3 heterocycles. The van der Waals surface area contributed by atoms with Crippen LogP contribution in [0, 0.1) is 6.92 Å². The molecule has 0 bridgehead atoms. The van der Waals surface area contributed by atoms with Crippen LogP contribution in [0.25, 0.3) is 76.9 Å². The van der Waals surface area contributed by atoms with Crippen LogP contribution in [-0.4, -0.2) is 16.4 Å². The molecule has 0 unspecified atom stereocenters. The fraction of sp³-hybridized carbons (Fsp3) is 0.0213. The second kappa shape index (κ2) is 10.7. The van der Waals surface area contributed by atoms with Crippen molar-refractivity contribution in [3.63, 3.8) is 0 Å². The molecule has 4 heteroatoms. The number of nitrogens with zero attached hydrogens (tertiary/aromatic N) is 2. The predicted molar refractivity (Wildman–Crippen MR) is 218 cm³/mol. The Hall–Kier alpha value is -6.52. The molecular weight excluding hydrogens is 617 g/mol. The van der Waals surface area contributed by atoms with Crippen molar-refractivity contribution in [1.82, 2.24) is 9.13 Å². The van der Waals surface area contributed by atoms with Crippen LogP contribution in [-0.2, 0) is 0 Å². The molecule has 3 nitrogen and oxygen atoms in total. The Bertz CT molecular complexity index is 3040. The third kappa shape index (κ3) is 4.02. The van der Waals surface area contributed by atoms with Crippen molar-refractivity contribution < 1.29 is 0 Å². The summed E-state index contributed by atoms with van der Waals surface area (Å²) in [5, 5.41) is 11.5. The number of rotatable bonds is 4. The molecule has 0 saturated heterocycles. The van der Waals surface area contributed by atoms with Crippen LogP contribution in [0.3, 0.4) is 0 Å². The average molecular weight is 649 g/mol. The number of para-hydroxylation sites is 5. The van der Waals surface area contributed by atoms with Crippen LogP contribution < -0.4 is 16.2 Å². The van der Waals surface area contributed by atoms with Crippen molar-refractivity contribution in [3.8, 4) is 22.5 Å². The summed E-state index contributed by atoms with van der Waals surface area (Å²) in [6.45, 7) is 2.18. The van der Waals surface area contributed by atoms with Crippen molar-refractivity contribution >= 4 is 84.0 Å². The van der Waals surface area contributed by atoms with Crippen molar-refractivity contribution in [1.29, 1.82) is 0 Å². The van der Waals surface area contributed by atoms with E-state index >= 15 is 0 Å². The second-order valence-corrected chi connectivity index (χ2v) is 13.7. The molecule has 51 heavy (non-hydrogen) atoms. The van der Waals surface area contributed by atoms with Gasteiger partial charge in [-0.15, -0.1) is 0 Å². The molecule has 0 atom stereocenters. The maximum atomic E-state index is 4.02. The fourth-order valence-corrected chi connectivity index (χ4v) is 8.62. The maximum Gasteiger partial charge on any atom is 0.197 e. The van der Waals surface area contributed by atoms with E-state index in [0.29, 0.717) is 0 Å². The Morgan fingerprint density at radius 2 is 1.20 bits per heavy atom. The molecule has 0 fully saturated rings. The minimum atomic E-state index is 1.10. The summed E-state index contributed by atoms with van der Waals surface area (Å²) in [5.74, 6) is 0. The van der Waals surface area contributed by atoms with Crippen LogP contribution in [0.2, 0.25) is 0 Å². The molecule has 1 aliphatic rings. The van der Waals surface area contributed by atoms with E-state index < -0.39 is 0 Å². The monoisotopic (exact) mass is 648 g/mol. The minimum absolute atomic E-state index is 1.10. The number of hydrogen-bond acceptors (Lipinski definition) is 1. The summed E-state index contributed by atoms with van der Waals surface area (Å²) in [6, 6.07) is 59.6. The zero-order chi connectivity index (χ0) is 33.6. The maximum absolute atomic E-state index is 4.02. The second-order valence-electron chi connectivity index (χ2n) is 13.7. The van der Waals surface area contributed by atoms with Crippen LogP contribution in [0.5, 0.6) is 0 Å². The lowest BCUT2D eigenvalue weighted by molar-refractivity contribution is 1.18. The van der Waals surface area contributed by atoms with E-state index in [-0.39, 0.29) is 0 Å². The fourth-order valence-electron chi connectivity index (χ4n) is 8.62. The van der Waals surface area contributed by atoms with Crippen molar-refractivity contribution in [2.45, 2.75) is 6.92 Å². The van der Waals surface area contributed by atoms with Crippen molar-refractivity contribution in [2.24, 2.45) is 0 Å². The molecular formula is C47H31BN3. The molecule has 1 N–H and O–H groups in total. The Balaban J connectivity index is 1.30. The highest BCUT2D eigenvalue weighted by molar-refractivity contribution is 6.74. The number of aromatic nitrogens is 2. The number of anilines is 2. The van der Waals surface area contributed by atoms with Gasteiger partial charge in [-0.3, -0.25) is 0 Å². The molecule has 0 aliphatic carbocycles. The number of fused-ring (bicyclic) bond motifs is 10.